The van der Waals surface area contributed by atoms with Crippen molar-refractivity contribution in [1.82, 2.24) is 0 Å². The molecule has 0 bridgehead atoms. The highest BCUT2D eigenvalue weighted by Gasteiger charge is 2.19. The Labute approximate surface area is 118 Å². The highest BCUT2D eigenvalue weighted by atomic mass is 16.6. The van der Waals surface area contributed by atoms with E-state index in [1.807, 2.05) is 20.8 Å². The lowest BCUT2D eigenvalue weighted by Gasteiger charge is -2.20. The fourth-order valence-electron chi connectivity index (χ4n) is 1.61. The number of carbonyl (C=O) groups is 1. The van der Waals surface area contributed by atoms with Crippen molar-refractivity contribution in [2.24, 2.45) is 5.92 Å². The van der Waals surface area contributed by atoms with Crippen molar-refractivity contribution in [2.45, 2.75) is 65.4 Å². The molecule has 0 aromatic rings. The molecule has 0 saturated heterocycles. The molecular formula is C16H28O3. The van der Waals surface area contributed by atoms with Crippen molar-refractivity contribution in [1.29, 1.82) is 0 Å². The van der Waals surface area contributed by atoms with Gasteiger partial charge in [-0.15, -0.1) is 12.3 Å². The third-order valence-electron chi connectivity index (χ3n) is 2.55. The summed E-state index contributed by atoms with van der Waals surface area (Å²) in [6, 6.07) is 0. The van der Waals surface area contributed by atoms with Crippen molar-refractivity contribution in [3.05, 3.63) is 0 Å². The van der Waals surface area contributed by atoms with E-state index in [0.717, 1.165) is 32.3 Å². The van der Waals surface area contributed by atoms with Crippen molar-refractivity contribution in [3.8, 4) is 12.3 Å². The molecule has 1 atom stereocenters. The van der Waals surface area contributed by atoms with Crippen molar-refractivity contribution < 1.29 is 14.3 Å². The van der Waals surface area contributed by atoms with E-state index in [2.05, 4.69) is 12.8 Å². The Morgan fingerprint density at radius 3 is 2.42 bits per heavy atom. The van der Waals surface area contributed by atoms with Gasteiger partial charge in [0.15, 0.2) is 0 Å². The van der Waals surface area contributed by atoms with Crippen LogP contribution in [0.2, 0.25) is 0 Å². The molecule has 0 amide bonds. The van der Waals surface area contributed by atoms with Gasteiger partial charge < -0.3 is 9.47 Å². The molecule has 0 N–H and O–H groups in total. The first kappa shape index (κ1) is 18.0. The summed E-state index contributed by atoms with van der Waals surface area (Å²) in [6.07, 6.45) is 9.68. The smallest absolute Gasteiger partial charge is 0.307 e. The summed E-state index contributed by atoms with van der Waals surface area (Å²) in [6.45, 7) is 9.24. The summed E-state index contributed by atoms with van der Waals surface area (Å²) >= 11 is 0. The van der Waals surface area contributed by atoms with E-state index >= 15 is 0 Å². The largest absolute Gasteiger partial charge is 0.460 e. The Morgan fingerprint density at radius 2 is 1.89 bits per heavy atom. The summed E-state index contributed by atoms with van der Waals surface area (Å²) < 4.78 is 10.7. The second-order valence-electron chi connectivity index (χ2n) is 5.76. The van der Waals surface area contributed by atoms with E-state index in [-0.39, 0.29) is 11.9 Å². The SMILES string of the molecule is C#C[C@@H](CCCOCCCC)CC(=O)OC(C)(C)C. The third kappa shape index (κ3) is 11.8. The Hall–Kier alpha value is -1.01. The number of terminal acetylenes is 1. The van der Waals surface area contributed by atoms with E-state index in [4.69, 9.17) is 15.9 Å². The van der Waals surface area contributed by atoms with Crippen LogP contribution in [0.15, 0.2) is 0 Å². The van der Waals surface area contributed by atoms with Crippen LogP contribution in [0, 0.1) is 18.3 Å². The lowest BCUT2D eigenvalue weighted by atomic mass is 10.0. The standard InChI is InChI=1S/C16H28O3/c1-6-8-11-18-12-9-10-14(7-2)13-15(17)19-16(3,4)5/h2,14H,6,8-13H2,1,3-5H3/t14-/m0/s1. The molecule has 0 aliphatic heterocycles. The molecule has 0 fully saturated rings. The van der Waals surface area contributed by atoms with Gasteiger partial charge in [-0.25, -0.2) is 0 Å². The summed E-state index contributed by atoms with van der Waals surface area (Å²) in [5, 5.41) is 0. The van der Waals surface area contributed by atoms with Crippen LogP contribution >= 0.6 is 0 Å². The van der Waals surface area contributed by atoms with Gasteiger partial charge in [0.1, 0.15) is 5.60 Å². The Morgan fingerprint density at radius 1 is 1.26 bits per heavy atom. The summed E-state index contributed by atoms with van der Waals surface area (Å²) in [5.74, 6) is 2.39. The quantitative estimate of drug-likeness (QED) is 0.364. The highest BCUT2D eigenvalue weighted by Crippen LogP contribution is 2.15. The van der Waals surface area contributed by atoms with Crippen LogP contribution in [0.4, 0.5) is 0 Å². The summed E-state index contributed by atoms with van der Waals surface area (Å²) in [5.41, 5.74) is -0.445. The van der Waals surface area contributed by atoms with E-state index in [1.165, 1.54) is 0 Å². The number of hydrogen-bond acceptors (Lipinski definition) is 3. The van der Waals surface area contributed by atoms with Crippen LogP contribution in [0.1, 0.15) is 59.8 Å². The minimum atomic E-state index is -0.445. The molecule has 3 heteroatoms. The fraction of sp³-hybridized carbons (Fsp3) is 0.812. The summed E-state index contributed by atoms with van der Waals surface area (Å²) in [4.78, 5) is 11.7. The van der Waals surface area contributed by atoms with Crippen LogP contribution in [-0.4, -0.2) is 24.8 Å². The first-order chi connectivity index (χ1) is 8.89. The average molecular weight is 268 g/mol. The van der Waals surface area contributed by atoms with Crippen molar-refractivity contribution in [3.63, 3.8) is 0 Å². The van der Waals surface area contributed by atoms with E-state index in [9.17, 15) is 4.79 Å². The molecule has 19 heavy (non-hydrogen) atoms. The van der Waals surface area contributed by atoms with Crippen LogP contribution < -0.4 is 0 Å². The topological polar surface area (TPSA) is 35.5 Å². The molecule has 0 aromatic heterocycles. The van der Waals surface area contributed by atoms with E-state index in [1.54, 1.807) is 0 Å². The molecule has 0 aliphatic carbocycles. The van der Waals surface area contributed by atoms with Gasteiger partial charge in [0.2, 0.25) is 0 Å². The maximum Gasteiger partial charge on any atom is 0.307 e. The number of carbonyl (C=O) groups excluding carboxylic acids is 1. The maximum atomic E-state index is 11.7. The van der Waals surface area contributed by atoms with Crippen LogP contribution in [0.5, 0.6) is 0 Å². The minimum Gasteiger partial charge on any atom is -0.460 e. The molecule has 0 radical (unpaired) electrons. The normalized spacial score (nSPS) is 12.8. The zero-order chi connectivity index (χ0) is 14.7. The van der Waals surface area contributed by atoms with E-state index < -0.39 is 5.60 Å². The number of ether oxygens (including phenoxy) is 2. The molecule has 0 heterocycles. The van der Waals surface area contributed by atoms with Gasteiger partial charge >= 0.3 is 5.97 Å². The Kier molecular flexibility index (Phi) is 9.34. The average Bonchev–Trinajstić information content (AvgIpc) is 2.29. The number of rotatable bonds is 9. The molecule has 110 valence electrons. The molecule has 0 spiro atoms. The second-order valence-corrected chi connectivity index (χ2v) is 5.76. The predicted octanol–water partition coefficient (Wildman–Crippen LogP) is 3.56. The molecule has 0 aromatic carbocycles. The molecule has 3 nitrogen and oxygen atoms in total. The molecule has 0 rings (SSSR count). The lowest BCUT2D eigenvalue weighted by Crippen LogP contribution is -2.25. The van der Waals surface area contributed by atoms with Crippen LogP contribution in [-0.2, 0) is 14.3 Å². The first-order valence-electron chi connectivity index (χ1n) is 7.14. The number of hydrogen-bond donors (Lipinski definition) is 0. The van der Waals surface area contributed by atoms with Crippen LogP contribution in [0.3, 0.4) is 0 Å². The van der Waals surface area contributed by atoms with Crippen molar-refractivity contribution in [2.75, 3.05) is 13.2 Å². The molecular weight excluding hydrogens is 240 g/mol. The van der Waals surface area contributed by atoms with Gasteiger partial charge in [0, 0.05) is 19.1 Å². The minimum absolute atomic E-state index is 0.0513. The van der Waals surface area contributed by atoms with Gasteiger partial charge in [-0.1, -0.05) is 13.3 Å². The van der Waals surface area contributed by atoms with Crippen LogP contribution in [0.25, 0.3) is 0 Å². The maximum absolute atomic E-state index is 11.7. The molecule has 0 saturated carbocycles. The Balaban J connectivity index is 3.78. The van der Waals surface area contributed by atoms with Gasteiger partial charge in [-0.05, 0) is 40.0 Å². The van der Waals surface area contributed by atoms with E-state index in [0.29, 0.717) is 13.0 Å². The third-order valence-corrected chi connectivity index (χ3v) is 2.55. The number of esters is 1. The zero-order valence-corrected chi connectivity index (χ0v) is 12.8. The van der Waals surface area contributed by atoms with Gasteiger partial charge in [0.05, 0.1) is 6.42 Å². The second kappa shape index (κ2) is 9.86. The highest BCUT2D eigenvalue weighted by molar-refractivity contribution is 5.70. The Bertz CT molecular complexity index is 283. The summed E-state index contributed by atoms with van der Waals surface area (Å²) in [7, 11) is 0. The number of unbranched alkanes of at least 4 members (excludes halogenated alkanes) is 1. The monoisotopic (exact) mass is 268 g/mol. The van der Waals surface area contributed by atoms with Gasteiger partial charge in [-0.3, -0.25) is 4.79 Å². The van der Waals surface area contributed by atoms with Gasteiger partial charge in [0.25, 0.3) is 0 Å². The fourth-order valence-corrected chi connectivity index (χ4v) is 1.61. The predicted molar refractivity (Wildman–Crippen MR) is 77.7 cm³/mol. The first-order valence-corrected chi connectivity index (χ1v) is 7.14. The molecule has 0 unspecified atom stereocenters. The molecule has 0 aliphatic rings. The van der Waals surface area contributed by atoms with Crippen molar-refractivity contribution >= 4 is 5.97 Å². The van der Waals surface area contributed by atoms with Gasteiger partial charge in [-0.2, -0.15) is 0 Å². The lowest BCUT2D eigenvalue weighted by molar-refractivity contribution is -0.155. The zero-order valence-electron chi connectivity index (χ0n) is 12.8.